The van der Waals surface area contributed by atoms with Crippen molar-refractivity contribution in [3.63, 3.8) is 0 Å². The molecule has 0 spiro atoms. The molecule has 5 heteroatoms. The van der Waals surface area contributed by atoms with Crippen LogP contribution in [0, 0.1) is 0 Å². The summed E-state index contributed by atoms with van der Waals surface area (Å²) in [5.74, 6) is -0.790. The summed E-state index contributed by atoms with van der Waals surface area (Å²) >= 11 is 0. The number of Topliss-reactive ketones (excluding diaryl/α,β-unsaturated/α-hetero) is 1. The summed E-state index contributed by atoms with van der Waals surface area (Å²) in [5.41, 5.74) is 2.43. The number of hydrogen-bond acceptors (Lipinski definition) is 5. The number of ketones is 1. The average Bonchev–Trinajstić information content (AvgIpc) is 2.60. The first-order valence-electron chi connectivity index (χ1n) is 7.97. The van der Waals surface area contributed by atoms with Gasteiger partial charge < -0.3 is 9.84 Å². The Kier molecular flexibility index (Phi) is 3.50. The zero-order valence-electron chi connectivity index (χ0n) is 13.5. The van der Waals surface area contributed by atoms with Crippen LogP contribution in [-0.4, -0.2) is 21.8 Å². The molecule has 1 aromatic heterocycles. The standard InChI is InChI=1S/C20H15NO4/c1-11(22)14-5-7-17-19(20(14)24)15(10-18(23)25-17)12-4-6-16-13(9-12)3-2-8-21-16/h2-9,15,24H,10H2,1H3. The molecule has 25 heavy (non-hydrogen) atoms. The van der Waals surface area contributed by atoms with E-state index in [2.05, 4.69) is 4.98 Å². The number of aromatic nitrogens is 1. The Morgan fingerprint density at radius 1 is 1.24 bits per heavy atom. The summed E-state index contributed by atoms with van der Waals surface area (Å²) in [6, 6.07) is 12.6. The Morgan fingerprint density at radius 3 is 2.88 bits per heavy atom. The van der Waals surface area contributed by atoms with E-state index in [4.69, 9.17) is 4.74 Å². The van der Waals surface area contributed by atoms with Gasteiger partial charge in [-0.15, -0.1) is 0 Å². The predicted molar refractivity (Wildman–Crippen MR) is 91.9 cm³/mol. The van der Waals surface area contributed by atoms with Crippen molar-refractivity contribution < 1.29 is 19.4 Å². The number of fused-ring (bicyclic) bond motifs is 2. The van der Waals surface area contributed by atoms with Crippen LogP contribution in [0.25, 0.3) is 10.9 Å². The zero-order valence-corrected chi connectivity index (χ0v) is 13.5. The van der Waals surface area contributed by atoms with Gasteiger partial charge in [-0.25, -0.2) is 0 Å². The minimum atomic E-state index is -0.375. The van der Waals surface area contributed by atoms with Gasteiger partial charge in [0.15, 0.2) is 5.78 Å². The molecule has 0 radical (unpaired) electrons. The van der Waals surface area contributed by atoms with E-state index in [0.29, 0.717) is 11.3 Å². The molecule has 5 nitrogen and oxygen atoms in total. The van der Waals surface area contributed by atoms with Crippen LogP contribution < -0.4 is 4.74 Å². The Morgan fingerprint density at radius 2 is 2.08 bits per heavy atom. The highest BCUT2D eigenvalue weighted by molar-refractivity contribution is 5.98. The summed E-state index contributed by atoms with van der Waals surface area (Å²) in [4.78, 5) is 28.1. The molecule has 1 aliphatic heterocycles. The third kappa shape index (κ3) is 2.54. The minimum absolute atomic E-state index is 0.105. The first kappa shape index (κ1) is 15.3. The highest BCUT2D eigenvalue weighted by Crippen LogP contribution is 2.45. The molecule has 0 bridgehead atoms. The van der Waals surface area contributed by atoms with E-state index in [1.807, 2.05) is 30.3 Å². The van der Waals surface area contributed by atoms with E-state index in [-0.39, 0.29) is 35.4 Å². The van der Waals surface area contributed by atoms with Gasteiger partial charge in [-0.2, -0.15) is 0 Å². The largest absolute Gasteiger partial charge is 0.507 e. The predicted octanol–water partition coefficient (Wildman–Crippen LogP) is 3.58. The lowest BCUT2D eigenvalue weighted by Crippen LogP contribution is -2.21. The van der Waals surface area contributed by atoms with Gasteiger partial charge in [-0.1, -0.05) is 12.1 Å². The van der Waals surface area contributed by atoms with Crippen molar-refractivity contribution in [2.45, 2.75) is 19.3 Å². The molecule has 1 atom stereocenters. The maximum atomic E-state index is 12.0. The molecule has 0 saturated carbocycles. The SMILES string of the molecule is CC(=O)c1ccc2c(c1O)C(c1ccc3ncccc3c1)CC(=O)O2. The Labute approximate surface area is 143 Å². The van der Waals surface area contributed by atoms with Crippen molar-refractivity contribution >= 4 is 22.7 Å². The van der Waals surface area contributed by atoms with Crippen molar-refractivity contribution in [3.8, 4) is 11.5 Å². The lowest BCUT2D eigenvalue weighted by atomic mass is 9.84. The number of nitrogens with zero attached hydrogens (tertiary/aromatic N) is 1. The smallest absolute Gasteiger partial charge is 0.312 e. The van der Waals surface area contributed by atoms with Crippen LogP contribution >= 0.6 is 0 Å². The molecule has 124 valence electrons. The number of carbonyl (C=O) groups is 2. The van der Waals surface area contributed by atoms with Gasteiger partial charge in [-0.3, -0.25) is 14.6 Å². The number of benzene rings is 2. The first-order valence-corrected chi connectivity index (χ1v) is 7.97. The van der Waals surface area contributed by atoms with Gasteiger partial charge in [-0.05, 0) is 42.8 Å². The normalized spacial score (nSPS) is 16.4. The van der Waals surface area contributed by atoms with Crippen molar-refractivity contribution in [2.24, 2.45) is 0 Å². The summed E-state index contributed by atoms with van der Waals surface area (Å²) in [6.45, 7) is 1.40. The number of pyridine rings is 1. The van der Waals surface area contributed by atoms with Crippen molar-refractivity contribution in [3.05, 3.63) is 65.4 Å². The lowest BCUT2D eigenvalue weighted by Gasteiger charge is -2.26. The topological polar surface area (TPSA) is 76.5 Å². The first-order chi connectivity index (χ1) is 12.0. The Bertz CT molecular complexity index is 1030. The maximum absolute atomic E-state index is 12.0. The van der Waals surface area contributed by atoms with Crippen molar-refractivity contribution in [2.75, 3.05) is 0 Å². The Balaban J connectivity index is 1.92. The number of hydrogen-bond donors (Lipinski definition) is 1. The van der Waals surface area contributed by atoms with E-state index >= 15 is 0 Å². The molecule has 3 aromatic rings. The number of esters is 1. The molecule has 1 unspecified atom stereocenters. The molecule has 0 aliphatic carbocycles. The van der Waals surface area contributed by atoms with Gasteiger partial charge in [0.05, 0.1) is 17.5 Å². The van der Waals surface area contributed by atoms with Gasteiger partial charge in [0.2, 0.25) is 0 Å². The number of rotatable bonds is 2. The number of carbonyl (C=O) groups excluding carboxylic acids is 2. The van der Waals surface area contributed by atoms with Crippen LogP contribution in [0.15, 0.2) is 48.7 Å². The average molecular weight is 333 g/mol. The molecule has 2 aromatic carbocycles. The molecule has 4 rings (SSSR count). The molecule has 0 amide bonds. The molecule has 2 heterocycles. The van der Waals surface area contributed by atoms with Gasteiger partial charge in [0.1, 0.15) is 11.5 Å². The molecular formula is C20H15NO4. The summed E-state index contributed by atoms with van der Waals surface area (Å²) in [5, 5.41) is 11.6. The van der Waals surface area contributed by atoms with E-state index in [0.717, 1.165) is 16.5 Å². The lowest BCUT2D eigenvalue weighted by molar-refractivity contribution is -0.135. The van der Waals surface area contributed by atoms with E-state index in [9.17, 15) is 14.7 Å². The molecule has 0 saturated heterocycles. The van der Waals surface area contributed by atoms with E-state index in [1.165, 1.54) is 13.0 Å². The molecular weight excluding hydrogens is 318 g/mol. The van der Waals surface area contributed by atoms with Gasteiger partial charge in [0.25, 0.3) is 0 Å². The number of phenolic OH excluding ortho intramolecular Hbond substituents is 1. The van der Waals surface area contributed by atoms with Crippen LogP contribution in [-0.2, 0) is 4.79 Å². The van der Waals surface area contributed by atoms with Gasteiger partial charge >= 0.3 is 5.97 Å². The zero-order chi connectivity index (χ0) is 17.6. The van der Waals surface area contributed by atoms with Crippen molar-refractivity contribution in [1.29, 1.82) is 0 Å². The second-order valence-electron chi connectivity index (χ2n) is 6.12. The highest BCUT2D eigenvalue weighted by Gasteiger charge is 2.32. The third-order valence-corrected chi connectivity index (χ3v) is 4.53. The van der Waals surface area contributed by atoms with E-state index in [1.54, 1.807) is 12.3 Å². The van der Waals surface area contributed by atoms with Crippen LogP contribution in [0.3, 0.4) is 0 Å². The quantitative estimate of drug-likeness (QED) is 0.441. The monoisotopic (exact) mass is 333 g/mol. The minimum Gasteiger partial charge on any atom is -0.507 e. The second kappa shape index (κ2) is 5.70. The fraction of sp³-hybridized carbons (Fsp3) is 0.150. The van der Waals surface area contributed by atoms with Crippen LogP contribution in [0.2, 0.25) is 0 Å². The number of ether oxygens (including phenoxy) is 1. The van der Waals surface area contributed by atoms with Crippen LogP contribution in [0.5, 0.6) is 11.5 Å². The highest BCUT2D eigenvalue weighted by atomic mass is 16.5. The summed E-state index contributed by atoms with van der Waals surface area (Å²) in [6.07, 6.45) is 1.83. The molecule has 0 fully saturated rings. The van der Waals surface area contributed by atoms with E-state index < -0.39 is 0 Å². The maximum Gasteiger partial charge on any atom is 0.312 e. The molecule has 1 aliphatic rings. The number of aromatic hydroxyl groups is 1. The van der Waals surface area contributed by atoms with Crippen molar-refractivity contribution in [1.82, 2.24) is 4.98 Å². The Hall–Kier alpha value is -3.21. The number of phenols is 1. The summed E-state index contributed by atoms with van der Waals surface area (Å²) < 4.78 is 5.26. The van der Waals surface area contributed by atoms with Gasteiger partial charge in [0, 0.05) is 23.1 Å². The summed E-state index contributed by atoms with van der Waals surface area (Å²) in [7, 11) is 0. The fourth-order valence-corrected chi connectivity index (χ4v) is 3.33. The third-order valence-electron chi connectivity index (χ3n) is 4.53. The fourth-order valence-electron chi connectivity index (χ4n) is 3.33. The van der Waals surface area contributed by atoms with Crippen LogP contribution in [0.4, 0.5) is 0 Å². The second-order valence-corrected chi connectivity index (χ2v) is 6.12. The molecule has 1 N–H and O–H groups in total. The van der Waals surface area contributed by atoms with Crippen LogP contribution in [0.1, 0.15) is 40.7 Å².